The summed E-state index contributed by atoms with van der Waals surface area (Å²) in [5.41, 5.74) is 5.73. The lowest BCUT2D eigenvalue weighted by Gasteiger charge is -2.22. The molecule has 1 amide bonds. The van der Waals surface area contributed by atoms with Crippen LogP contribution in [0, 0.1) is 5.41 Å². The van der Waals surface area contributed by atoms with Crippen LogP contribution in [0.1, 0.15) is 19.8 Å². The first-order valence-electron chi connectivity index (χ1n) is 8.79. The summed E-state index contributed by atoms with van der Waals surface area (Å²) in [5.74, 6) is -0.0385. The van der Waals surface area contributed by atoms with Gasteiger partial charge in [-0.2, -0.15) is 0 Å². The normalized spacial score (nSPS) is 19.9. The van der Waals surface area contributed by atoms with Crippen LogP contribution in [0.2, 0.25) is 0 Å². The van der Waals surface area contributed by atoms with E-state index in [9.17, 15) is 13.2 Å². The van der Waals surface area contributed by atoms with Crippen molar-refractivity contribution in [3.63, 3.8) is 0 Å². The van der Waals surface area contributed by atoms with Gasteiger partial charge in [-0.25, -0.2) is 13.1 Å². The molecule has 1 unspecified atom stereocenters. The van der Waals surface area contributed by atoms with Gasteiger partial charge < -0.3 is 10.6 Å². The van der Waals surface area contributed by atoms with E-state index in [2.05, 4.69) is 11.6 Å². The Bertz CT molecular complexity index is 919. The van der Waals surface area contributed by atoms with Crippen molar-refractivity contribution in [3.05, 3.63) is 42.5 Å². The third-order valence-electron chi connectivity index (χ3n) is 5.07. The maximum atomic E-state index is 12.5. The number of carbonyl (C=O) groups excluding carboxylic acids is 1. The number of hydrogen-bond acceptors (Lipinski definition) is 4. The molecule has 3 rings (SSSR count). The average molecular weight is 412 g/mol. The van der Waals surface area contributed by atoms with Gasteiger partial charge in [-0.15, -0.1) is 12.4 Å². The Labute approximate surface area is 166 Å². The maximum Gasteiger partial charge on any atom is 0.240 e. The predicted octanol–water partition coefficient (Wildman–Crippen LogP) is 2.13. The lowest BCUT2D eigenvalue weighted by Crippen LogP contribution is -2.36. The number of benzene rings is 2. The van der Waals surface area contributed by atoms with E-state index < -0.39 is 10.0 Å². The van der Waals surface area contributed by atoms with Gasteiger partial charge in [0.05, 0.1) is 4.90 Å². The number of amides is 1. The lowest BCUT2D eigenvalue weighted by atomic mass is 9.90. The summed E-state index contributed by atoms with van der Waals surface area (Å²) in [6.07, 6.45) is 1.03. The molecule has 2 aromatic rings. The first-order chi connectivity index (χ1) is 12.3. The van der Waals surface area contributed by atoms with Crippen LogP contribution in [0.25, 0.3) is 10.8 Å². The Morgan fingerprint density at radius 1 is 1.22 bits per heavy atom. The number of nitrogens with one attached hydrogen (secondary N) is 1. The van der Waals surface area contributed by atoms with E-state index in [-0.39, 0.29) is 41.6 Å². The molecule has 1 aliphatic rings. The lowest BCUT2D eigenvalue weighted by molar-refractivity contribution is -0.130. The van der Waals surface area contributed by atoms with Gasteiger partial charge in [0.1, 0.15) is 0 Å². The highest BCUT2D eigenvalue weighted by Crippen LogP contribution is 2.28. The van der Waals surface area contributed by atoms with Crippen molar-refractivity contribution >= 4 is 39.1 Å². The van der Waals surface area contributed by atoms with Crippen LogP contribution in [-0.4, -0.2) is 45.4 Å². The van der Waals surface area contributed by atoms with E-state index in [0.717, 1.165) is 17.2 Å². The van der Waals surface area contributed by atoms with Crippen molar-refractivity contribution in [1.29, 1.82) is 0 Å². The van der Waals surface area contributed by atoms with Gasteiger partial charge in [-0.3, -0.25) is 4.79 Å². The van der Waals surface area contributed by atoms with Crippen molar-refractivity contribution in [1.82, 2.24) is 9.62 Å². The second kappa shape index (κ2) is 8.56. The maximum absolute atomic E-state index is 12.5. The third-order valence-corrected chi connectivity index (χ3v) is 6.52. The van der Waals surface area contributed by atoms with Crippen LogP contribution >= 0.6 is 12.4 Å². The molecule has 8 heteroatoms. The Hall–Kier alpha value is -1.67. The molecule has 0 saturated carbocycles. The van der Waals surface area contributed by atoms with E-state index in [4.69, 9.17) is 5.73 Å². The SMILES string of the molecule is CC1(CN)CCN(C(=O)CCNS(=O)(=O)c2ccc3ccccc3c2)C1.Cl. The third kappa shape index (κ3) is 4.99. The van der Waals surface area contributed by atoms with Crippen LogP contribution < -0.4 is 10.5 Å². The molecule has 1 saturated heterocycles. The summed E-state index contributed by atoms with van der Waals surface area (Å²) < 4.78 is 27.5. The molecule has 0 spiro atoms. The minimum Gasteiger partial charge on any atom is -0.342 e. The highest BCUT2D eigenvalue weighted by molar-refractivity contribution is 7.89. The number of nitrogens with two attached hydrogens (primary N) is 1. The van der Waals surface area contributed by atoms with Crippen LogP contribution in [0.4, 0.5) is 0 Å². The van der Waals surface area contributed by atoms with E-state index >= 15 is 0 Å². The van der Waals surface area contributed by atoms with E-state index in [1.165, 1.54) is 0 Å². The Balaban J connectivity index is 0.00000261. The molecule has 1 fully saturated rings. The average Bonchev–Trinajstić information content (AvgIpc) is 3.04. The molecule has 0 aromatic heterocycles. The molecule has 1 heterocycles. The molecular formula is C19H26ClN3O3S. The first kappa shape index (κ1) is 21.6. The molecule has 1 aliphatic heterocycles. The van der Waals surface area contributed by atoms with Gasteiger partial charge in [0.25, 0.3) is 0 Å². The number of halogens is 1. The zero-order valence-electron chi connectivity index (χ0n) is 15.3. The quantitative estimate of drug-likeness (QED) is 0.761. The summed E-state index contributed by atoms with van der Waals surface area (Å²) in [5, 5.41) is 1.85. The standard InChI is InChI=1S/C19H25N3O3S.ClH/c1-19(13-20)9-11-22(14-19)18(23)8-10-21-26(24,25)17-7-6-15-4-2-3-5-16(15)12-17;/h2-7,12,21H,8-11,13-14,20H2,1H3;1H. The van der Waals surface area contributed by atoms with E-state index in [1.54, 1.807) is 23.1 Å². The molecular weight excluding hydrogens is 386 g/mol. The van der Waals surface area contributed by atoms with Crippen LogP contribution in [0.3, 0.4) is 0 Å². The molecule has 0 aliphatic carbocycles. The summed E-state index contributed by atoms with van der Waals surface area (Å²) in [4.78, 5) is 14.3. The van der Waals surface area contributed by atoms with Crippen LogP contribution in [-0.2, 0) is 14.8 Å². The molecule has 6 nitrogen and oxygen atoms in total. The monoisotopic (exact) mass is 411 g/mol. The fraction of sp³-hybridized carbons (Fsp3) is 0.421. The number of likely N-dealkylation sites (tertiary alicyclic amines) is 1. The predicted molar refractivity (Wildman–Crippen MR) is 109 cm³/mol. The minimum atomic E-state index is -3.64. The number of carbonyl (C=O) groups is 1. The number of hydrogen-bond donors (Lipinski definition) is 2. The summed E-state index contributed by atoms with van der Waals surface area (Å²) in [7, 11) is -3.64. The molecule has 0 bridgehead atoms. The van der Waals surface area contributed by atoms with Gasteiger partial charge in [-0.05, 0) is 41.3 Å². The van der Waals surface area contributed by atoms with Gasteiger partial charge in [0, 0.05) is 26.1 Å². The zero-order valence-corrected chi connectivity index (χ0v) is 17.0. The fourth-order valence-electron chi connectivity index (χ4n) is 3.27. The summed E-state index contributed by atoms with van der Waals surface area (Å²) >= 11 is 0. The molecule has 148 valence electrons. The molecule has 3 N–H and O–H groups in total. The number of fused-ring (bicyclic) bond motifs is 1. The number of sulfonamides is 1. The van der Waals surface area contributed by atoms with Gasteiger partial charge >= 0.3 is 0 Å². The van der Waals surface area contributed by atoms with E-state index in [1.807, 2.05) is 24.3 Å². The minimum absolute atomic E-state index is 0. The second-order valence-electron chi connectivity index (χ2n) is 7.24. The van der Waals surface area contributed by atoms with Crippen molar-refractivity contribution < 1.29 is 13.2 Å². The second-order valence-corrected chi connectivity index (χ2v) is 9.00. The zero-order chi connectivity index (χ0) is 18.8. The largest absolute Gasteiger partial charge is 0.342 e. The number of rotatable bonds is 6. The summed E-state index contributed by atoms with van der Waals surface area (Å²) in [6, 6.07) is 12.6. The highest BCUT2D eigenvalue weighted by Gasteiger charge is 2.34. The van der Waals surface area contributed by atoms with E-state index in [0.29, 0.717) is 19.6 Å². The van der Waals surface area contributed by atoms with Crippen molar-refractivity contribution in [2.45, 2.75) is 24.7 Å². The summed E-state index contributed by atoms with van der Waals surface area (Å²) in [6.45, 7) is 4.03. The topological polar surface area (TPSA) is 92.5 Å². The first-order valence-corrected chi connectivity index (χ1v) is 10.3. The van der Waals surface area contributed by atoms with Crippen molar-refractivity contribution in [2.75, 3.05) is 26.2 Å². The van der Waals surface area contributed by atoms with Crippen molar-refractivity contribution in [2.24, 2.45) is 11.1 Å². The molecule has 2 aromatic carbocycles. The van der Waals surface area contributed by atoms with Crippen molar-refractivity contribution in [3.8, 4) is 0 Å². The van der Waals surface area contributed by atoms with Gasteiger partial charge in [0.2, 0.25) is 15.9 Å². The van der Waals surface area contributed by atoms with Crippen LogP contribution in [0.15, 0.2) is 47.4 Å². The Morgan fingerprint density at radius 2 is 1.93 bits per heavy atom. The Morgan fingerprint density at radius 3 is 2.59 bits per heavy atom. The molecule has 1 atom stereocenters. The molecule has 27 heavy (non-hydrogen) atoms. The molecule has 0 radical (unpaired) electrons. The van der Waals surface area contributed by atoms with Crippen LogP contribution in [0.5, 0.6) is 0 Å². The van der Waals surface area contributed by atoms with Gasteiger partial charge in [0.15, 0.2) is 0 Å². The Kier molecular flexibility index (Phi) is 6.86. The highest BCUT2D eigenvalue weighted by atomic mass is 35.5. The smallest absolute Gasteiger partial charge is 0.240 e. The van der Waals surface area contributed by atoms with Gasteiger partial charge in [-0.1, -0.05) is 37.3 Å². The fourth-order valence-corrected chi connectivity index (χ4v) is 4.34. The number of nitrogens with zero attached hydrogens (tertiary/aromatic N) is 1.